The third kappa shape index (κ3) is 5.96. The molecule has 3 heterocycles. The fourth-order valence-electron chi connectivity index (χ4n) is 9.43. The summed E-state index contributed by atoms with van der Waals surface area (Å²) in [6.45, 7) is 2.34. The molecule has 1 aliphatic carbocycles. The molecule has 0 spiro atoms. The van der Waals surface area contributed by atoms with E-state index in [9.17, 15) is 9.59 Å². The van der Waals surface area contributed by atoms with Crippen LogP contribution in [0.15, 0.2) is 205 Å². The third-order valence-corrected chi connectivity index (χ3v) is 13.2. The number of benzene rings is 7. The van der Waals surface area contributed by atoms with Gasteiger partial charge in [0.05, 0.1) is 11.3 Å². The van der Waals surface area contributed by atoms with E-state index in [1.54, 1.807) is 41.7 Å². The first-order valence-electron chi connectivity index (χ1n) is 20.5. The Morgan fingerprint density at radius 2 is 0.984 bits per heavy atom. The maximum atomic E-state index is 13.8. The van der Waals surface area contributed by atoms with Gasteiger partial charge < -0.3 is 4.98 Å². The number of carbonyl (C=O) groups excluding carboxylic acids is 2. The minimum atomic E-state index is -0.734. The predicted molar refractivity (Wildman–Crippen MR) is 250 cm³/mol. The number of aromatic amines is 1. The van der Waals surface area contributed by atoms with Crippen LogP contribution in [0.25, 0.3) is 50.6 Å². The molecule has 0 bridgehead atoms. The average Bonchev–Trinajstić information content (AvgIpc) is 4.07. The van der Waals surface area contributed by atoms with Gasteiger partial charge in [-0.1, -0.05) is 170 Å². The van der Waals surface area contributed by atoms with Crippen LogP contribution in [0.1, 0.15) is 50.0 Å². The summed E-state index contributed by atoms with van der Waals surface area (Å²) in [6.07, 6.45) is 1.75. The second-order valence-corrected chi connectivity index (χ2v) is 16.7. The van der Waals surface area contributed by atoms with Crippen LogP contribution in [0.3, 0.4) is 0 Å². The lowest BCUT2D eigenvalue weighted by atomic mass is 9.65. The number of aromatic nitrogens is 1. The van der Waals surface area contributed by atoms with E-state index in [2.05, 4.69) is 180 Å². The van der Waals surface area contributed by atoms with Crippen LogP contribution in [0.5, 0.6) is 0 Å². The molecular formula is C56H38N2O2S. The molecule has 4 nitrogen and oxygen atoms in total. The monoisotopic (exact) mass is 802 g/mol. The fraction of sp³-hybridized carbons (Fsp3) is 0.0357. The molecule has 1 unspecified atom stereocenters. The van der Waals surface area contributed by atoms with Crippen molar-refractivity contribution in [3.05, 3.63) is 239 Å². The molecule has 0 amide bonds. The van der Waals surface area contributed by atoms with Crippen LogP contribution in [-0.4, -0.2) is 16.6 Å². The first kappa shape index (κ1) is 36.5. The molecule has 0 fully saturated rings. The highest BCUT2D eigenvalue weighted by molar-refractivity contribution is 7.14. The Balaban J connectivity index is 1.16. The smallest absolute Gasteiger partial charge is 0.197 e. The zero-order valence-corrected chi connectivity index (χ0v) is 34.1. The standard InChI is InChI=1S/C56H38N2O2S/c1-56(48-22-10-11-23-50(48)58(51-24-13-33-61-51)55-49(56)35-42(57-55)34-47-53(59)45-18-8-9-19-46(45)54(47)60)52-43(40-29-25-38(26-30-40)36-14-4-2-5-15-36)20-12-21-44(52)41-31-27-39(28-32-41)37-16-6-3-7-17-37/h2-35,57H,1H3. The lowest BCUT2D eigenvalue weighted by molar-refractivity contribution is 0.0990. The number of ketones is 2. The molecule has 290 valence electrons. The largest absolute Gasteiger partial charge is 0.341 e. The summed E-state index contributed by atoms with van der Waals surface area (Å²) in [5.74, 6) is 0.394. The summed E-state index contributed by atoms with van der Waals surface area (Å²) in [4.78, 5) is 33.6. The number of rotatable bonds is 7. The van der Waals surface area contributed by atoms with Gasteiger partial charge in [0.25, 0.3) is 0 Å². The van der Waals surface area contributed by atoms with Crippen LogP contribution in [0, 0.1) is 0 Å². The van der Waals surface area contributed by atoms with E-state index in [0.717, 1.165) is 66.6 Å². The van der Waals surface area contributed by atoms with Crippen molar-refractivity contribution < 1.29 is 9.59 Å². The Bertz CT molecular complexity index is 3020. The highest BCUT2D eigenvalue weighted by atomic mass is 32.1. The van der Waals surface area contributed by atoms with Gasteiger partial charge in [-0.25, -0.2) is 0 Å². The lowest BCUT2D eigenvalue weighted by Crippen LogP contribution is -2.34. The normalized spacial score (nSPS) is 15.4. The predicted octanol–water partition coefficient (Wildman–Crippen LogP) is 14.3. The minimum Gasteiger partial charge on any atom is -0.341 e. The number of hydrogen-bond donors (Lipinski definition) is 1. The molecule has 0 saturated carbocycles. The van der Waals surface area contributed by atoms with Gasteiger partial charge in [0.2, 0.25) is 0 Å². The zero-order chi connectivity index (χ0) is 41.1. The van der Waals surface area contributed by atoms with Crippen LogP contribution in [0.4, 0.5) is 16.5 Å². The van der Waals surface area contributed by atoms with Crippen LogP contribution >= 0.6 is 11.3 Å². The van der Waals surface area contributed by atoms with Gasteiger partial charge in [0, 0.05) is 27.8 Å². The summed E-state index contributed by atoms with van der Waals surface area (Å²) in [6, 6.07) is 67.6. The van der Waals surface area contributed by atoms with Crippen molar-refractivity contribution in [2.75, 3.05) is 4.90 Å². The number of nitrogens with one attached hydrogen (secondary N) is 1. The van der Waals surface area contributed by atoms with Crippen molar-refractivity contribution in [3.8, 4) is 44.5 Å². The first-order valence-corrected chi connectivity index (χ1v) is 21.4. The van der Waals surface area contributed by atoms with E-state index in [0.29, 0.717) is 16.8 Å². The quantitative estimate of drug-likeness (QED) is 0.129. The molecule has 1 N–H and O–H groups in total. The van der Waals surface area contributed by atoms with Gasteiger partial charge in [-0.15, -0.1) is 11.3 Å². The molecule has 9 aromatic rings. The van der Waals surface area contributed by atoms with E-state index < -0.39 is 5.41 Å². The molecule has 0 radical (unpaired) electrons. The van der Waals surface area contributed by atoms with Gasteiger partial charge in [0.15, 0.2) is 11.6 Å². The number of nitrogens with zero attached hydrogens (tertiary/aromatic N) is 1. The number of H-pyrrole nitrogens is 1. The molecule has 2 aliphatic rings. The van der Waals surface area contributed by atoms with Crippen molar-refractivity contribution in [1.29, 1.82) is 0 Å². The molecule has 11 rings (SSSR count). The van der Waals surface area contributed by atoms with Gasteiger partial charge in [-0.2, -0.15) is 0 Å². The van der Waals surface area contributed by atoms with Gasteiger partial charge in [-0.3, -0.25) is 14.5 Å². The Morgan fingerprint density at radius 1 is 0.492 bits per heavy atom. The zero-order valence-electron chi connectivity index (χ0n) is 33.3. The minimum absolute atomic E-state index is 0.166. The van der Waals surface area contributed by atoms with Crippen molar-refractivity contribution in [2.24, 2.45) is 0 Å². The number of anilines is 3. The van der Waals surface area contributed by atoms with E-state index >= 15 is 0 Å². The van der Waals surface area contributed by atoms with Crippen LogP contribution in [0.2, 0.25) is 0 Å². The van der Waals surface area contributed by atoms with Crippen LogP contribution in [-0.2, 0) is 5.41 Å². The van der Waals surface area contributed by atoms with Crippen LogP contribution < -0.4 is 4.90 Å². The van der Waals surface area contributed by atoms with E-state index in [-0.39, 0.29) is 17.1 Å². The molecule has 5 heteroatoms. The number of fused-ring (bicyclic) bond motifs is 3. The molecule has 61 heavy (non-hydrogen) atoms. The summed E-state index contributed by atoms with van der Waals surface area (Å²) in [7, 11) is 0. The number of allylic oxidation sites excluding steroid dienone is 1. The number of Topliss-reactive ketones (excluding diaryl/α,β-unsaturated/α-hetero) is 2. The number of hydrogen-bond acceptors (Lipinski definition) is 4. The van der Waals surface area contributed by atoms with Gasteiger partial charge in [-0.05, 0) is 98.3 Å². The van der Waals surface area contributed by atoms with Gasteiger partial charge >= 0.3 is 0 Å². The van der Waals surface area contributed by atoms with Gasteiger partial charge in [0.1, 0.15) is 10.8 Å². The Hall–Kier alpha value is -7.60. The van der Waals surface area contributed by atoms with Crippen molar-refractivity contribution in [3.63, 3.8) is 0 Å². The van der Waals surface area contributed by atoms with E-state index in [1.165, 1.54) is 11.1 Å². The molecule has 0 saturated heterocycles. The highest BCUT2D eigenvalue weighted by Gasteiger charge is 2.46. The van der Waals surface area contributed by atoms with Crippen molar-refractivity contribution in [2.45, 2.75) is 12.3 Å². The third-order valence-electron chi connectivity index (χ3n) is 12.4. The maximum Gasteiger partial charge on any atom is 0.197 e. The van der Waals surface area contributed by atoms with E-state index in [1.807, 2.05) is 12.1 Å². The highest BCUT2D eigenvalue weighted by Crippen LogP contribution is 2.58. The first-order chi connectivity index (χ1) is 30.0. The SMILES string of the molecule is CC1(c2c(-c3ccc(-c4ccccc4)cc3)cccc2-c2ccc(-c3ccccc3)cc2)c2ccccc2N(c2cccs2)c2[nH]c(C=C3C(=O)c4ccccc4C3=O)cc21. The topological polar surface area (TPSA) is 53.2 Å². The summed E-state index contributed by atoms with van der Waals surface area (Å²) < 4.78 is 0. The Kier molecular flexibility index (Phi) is 8.73. The molecule has 2 aromatic heterocycles. The van der Waals surface area contributed by atoms with Crippen molar-refractivity contribution in [1.82, 2.24) is 4.98 Å². The number of carbonyl (C=O) groups is 2. The van der Waals surface area contributed by atoms with Crippen molar-refractivity contribution >= 4 is 45.5 Å². The summed E-state index contributed by atoms with van der Waals surface area (Å²) in [5, 5.41) is 3.15. The number of thiophene rings is 1. The second-order valence-electron chi connectivity index (χ2n) is 15.8. The summed E-state index contributed by atoms with van der Waals surface area (Å²) >= 11 is 1.67. The lowest BCUT2D eigenvalue weighted by Gasteiger charge is -2.43. The summed E-state index contributed by atoms with van der Waals surface area (Å²) in [5.41, 5.74) is 14.5. The average molecular weight is 803 g/mol. The van der Waals surface area contributed by atoms with E-state index in [4.69, 9.17) is 0 Å². The molecule has 1 aliphatic heterocycles. The molecular weight excluding hydrogens is 765 g/mol. The molecule has 7 aromatic carbocycles. The Morgan fingerprint density at radius 3 is 1.54 bits per heavy atom. The Labute approximate surface area is 358 Å². The maximum absolute atomic E-state index is 13.8. The second kappa shape index (κ2) is 14.6. The molecule has 1 atom stereocenters. The number of para-hydroxylation sites is 1. The fourth-order valence-corrected chi connectivity index (χ4v) is 10.2.